The molecule has 0 saturated heterocycles. The zero-order valence-electron chi connectivity index (χ0n) is 7.68. The Bertz CT molecular complexity index is 30.2. The zero-order chi connectivity index (χ0) is 8.99. The van der Waals surface area contributed by atoms with Crippen molar-refractivity contribution in [2.24, 2.45) is 0 Å². The molecule has 0 aromatic rings. The van der Waals surface area contributed by atoms with Crippen LogP contribution in [-0.4, -0.2) is 36.3 Å². The molecule has 0 heterocycles. The molecule has 0 aliphatic heterocycles. The molecule has 0 fully saturated rings. The van der Waals surface area contributed by atoms with E-state index in [1.54, 1.807) is 18.5 Å². The molecule has 0 spiro atoms. The second-order valence-corrected chi connectivity index (χ2v) is 5.17. The minimum atomic E-state index is -1.39. The van der Waals surface area contributed by atoms with E-state index in [2.05, 4.69) is 11.6 Å². The van der Waals surface area contributed by atoms with Gasteiger partial charge in [0.15, 0.2) is 0 Å². The maximum atomic E-state index is 9.67. The van der Waals surface area contributed by atoms with Crippen molar-refractivity contribution >= 4 is 29.7 Å². The van der Waals surface area contributed by atoms with E-state index in [4.69, 9.17) is 5.11 Å². The van der Waals surface area contributed by atoms with Crippen LogP contribution in [0.15, 0.2) is 0 Å². The van der Waals surface area contributed by atoms with Crippen LogP contribution in [0.25, 0.3) is 0 Å². The molecule has 0 unspecified atom stereocenters. The summed E-state index contributed by atoms with van der Waals surface area (Å²) in [6.07, 6.45) is 0. The summed E-state index contributed by atoms with van der Waals surface area (Å²) in [5, 5.41) is 8.93. The smallest absolute Gasteiger partial charge is 0.892 e. The molecule has 0 aliphatic rings. The van der Waals surface area contributed by atoms with Crippen LogP contribution in [0.5, 0.6) is 0 Å². The van der Waals surface area contributed by atoms with E-state index in [0.29, 0.717) is 0 Å². The maximum absolute atomic E-state index is 9.67. The Kier molecular flexibility index (Phi) is 38.7. The summed E-state index contributed by atoms with van der Waals surface area (Å²) in [7, 11) is 0. The van der Waals surface area contributed by atoms with Crippen molar-refractivity contribution in [1.82, 2.24) is 0 Å². The summed E-state index contributed by atoms with van der Waals surface area (Å²) in [5.74, 6) is 7.92. The second-order valence-electron chi connectivity index (χ2n) is 1.91. The van der Waals surface area contributed by atoms with Crippen molar-refractivity contribution in [2.75, 3.05) is 6.61 Å². The van der Waals surface area contributed by atoms with Gasteiger partial charge in [0.25, 0.3) is 0 Å². The van der Waals surface area contributed by atoms with Gasteiger partial charge >= 0.3 is 15.2 Å². The van der Waals surface area contributed by atoms with Gasteiger partial charge in [0.05, 0.1) is 0 Å². The first-order valence-corrected chi connectivity index (χ1v) is 8.63. The third-order valence-electron chi connectivity index (χ3n) is 0. The third-order valence-corrected chi connectivity index (χ3v) is 0. The highest BCUT2D eigenvalue weighted by Gasteiger charge is 2.20. The lowest BCUT2D eigenvalue weighted by molar-refractivity contribution is -0.361. The summed E-state index contributed by atoms with van der Waals surface area (Å²) in [4.78, 5) is 0. The highest BCUT2D eigenvalue weighted by molar-refractivity contribution is 6.44. The quantitative estimate of drug-likeness (QED) is 0.476. The van der Waals surface area contributed by atoms with Crippen molar-refractivity contribution in [1.29, 1.82) is 0 Å². The number of hydrogen-bond acceptors (Lipinski definition) is 2. The summed E-state index contributed by atoms with van der Waals surface area (Å²) >= 11 is -0.639. The van der Waals surface area contributed by atoms with Crippen molar-refractivity contribution < 1.29 is 9.26 Å². The van der Waals surface area contributed by atoms with E-state index in [1.807, 2.05) is 0 Å². The minimum absolute atomic E-state index is 0. The Morgan fingerprint density at radius 2 is 1.30 bits per heavy atom. The van der Waals surface area contributed by atoms with Gasteiger partial charge in [-0.25, -0.2) is 0 Å². The average molecular weight is 175 g/mol. The first-order valence-electron chi connectivity index (χ1n) is 3.54. The SMILES string of the molecule is CC[O-].[CH3][Al+2][CH3].[CH3][Al]([CH3])[O-]. The molecule has 59 valence electrons. The van der Waals surface area contributed by atoms with E-state index in [0.717, 1.165) is 15.2 Å². The van der Waals surface area contributed by atoms with Gasteiger partial charge in [-0.3, -0.25) is 0 Å². The Hall–Kier alpha value is 0.985. The molecular formula is C6H17Al2O2. The van der Waals surface area contributed by atoms with E-state index in [-0.39, 0.29) is 6.61 Å². The maximum Gasteiger partial charge on any atom is 1.23 e. The van der Waals surface area contributed by atoms with Gasteiger partial charge in [-0.2, -0.15) is 0 Å². The van der Waals surface area contributed by atoms with Crippen molar-refractivity contribution in [3.05, 3.63) is 0 Å². The minimum Gasteiger partial charge on any atom is -0.892 e. The first kappa shape index (κ1) is 17.2. The Morgan fingerprint density at radius 3 is 1.30 bits per heavy atom. The van der Waals surface area contributed by atoms with Crippen molar-refractivity contribution in [2.45, 2.75) is 30.1 Å². The molecule has 5 radical (unpaired) electrons. The molecule has 4 heteroatoms. The molecule has 0 saturated carbocycles. The standard InChI is InChI=1S/C2H5O.4CH3.2Al.O/c1-2-3;;;;;;;/h2H2,1H3;4*1H3;;;/q-1;;;;;;+2;-1. The van der Waals surface area contributed by atoms with Crippen LogP contribution in [0.1, 0.15) is 6.92 Å². The van der Waals surface area contributed by atoms with Gasteiger partial charge in [0, 0.05) is 0 Å². The van der Waals surface area contributed by atoms with E-state index in [1.165, 1.54) is 0 Å². The van der Waals surface area contributed by atoms with Crippen LogP contribution in [-0.2, 0) is 0 Å². The molecule has 0 aromatic heterocycles. The lowest BCUT2D eigenvalue weighted by Crippen LogP contribution is -2.20. The lowest BCUT2D eigenvalue weighted by atomic mass is 10.9. The van der Waals surface area contributed by atoms with Crippen LogP contribution in [0.4, 0.5) is 0 Å². The summed E-state index contributed by atoms with van der Waals surface area (Å²) in [6, 6.07) is 0. The van der Waals surface area contributed by atoms with E-state index in [9.17, 15) is 4.16 Å². The molecule has 10 heavy (non-hydrogen) atoms. The molecule has 0 rings (SSSR count). The lowest BCUT2D eigenvalue weighted by Gasteiger charge is -1.94. The summed E-state index contributed by atoms with van der Waals surface area (Å²) in [6.45, 7) is 1.57. The topological polar surface area (TPSA) is 46.1 Å². The molecular weight excluding hydrogens is 158 g/mol. The predicted molar refractivity (Wildman–Crippen MR) is 45.5 cm³/mol. The van der Waals surface area contributed by atoms with Gasteiger partial charge in [-0.1, -0.05) is 6.92 Å². The van der Waals surface area contributed by atoms with Crippen LogP contribution in [0, 0.1) is 0 Å². The van der Waals surface area contributed by atoms with E-state index >= 15 is 0 Å². The molecule has 0 atom stereocenters. The number of rotatable bonds is 0. The molecule has 0 aromatic carbocycles. The fourth-order valence-electron chi connectivity index (χ4n) is 0. The van der Waals surface area contributed by atoms with Gasteiger partial charge in [0.1, 0.15) is 26.1 Å². The second kappa shape index (κ2) is 22.5. The summed E-state index contributed by atoms with van der Waals surface area (Å²) < 4.78 is 9.67. The predicted octanol–water partition coefficient (Wildman–Crippen LogP) is -0.249. The fourth-order valence-corrected chi connectivity index (χ4v) is 0. The highest BCUT2D eigenvalue weighted by Crippen LogP contribution is 1.52. The van der Waals surface area contributed by atoms with E-state index < -0.39 is 14.5 Å². The third kappa shape index (κ3) is 591. The first-order chi connectivity index (χ1) is 4.56. The molecule has 0 amide bonds. The molecule has 0 bridgehead atoms. The zero-order valence-corrected chi connectivity index (χ0v) is 9.99. The fraction of sp³-hybridized carbons (Fsp3) is 1.00. The van der Waals surface area contributed by atoms with Crippen LogP contribution >= 0.6 is 0 Å². The largest absolute Gasteiger partial charge is 1.23 e. The van der Waals surface area contributed by atoms with Crippen molar-refractivity contribution in [3.63, 3.8) is 0 Å². The van der Waals surface area contributed by atoms with Crippen LogP contribution in [0.3, 0.4) is 0 Å². The van der Waals surface area contributed by atoms with Crippen LogP contribution in [0.2, 0.25) is 23.1 Å². The van der Waals surface area contributed by atoms with Gasteiger partial charge in [-0.05, 0) is 0 Å². The Morgan fingerprint density at radius 1 is 1.30 bits per heavy atom. The number of hydrogen-bond donors (Lipinski definition) is 0. The van der Waals surface area contributed by atoms with Crippen molar-refractivity contribution in [3.8, 4) is 0 Å². The normalized spacial score (nSPS) is 6.30. The molecule has 2 nitrogen and oxygen atoms in total. The van der Waals surface area contributed by atoms with Gasteiger partial charge in [-0.15, -0.1) is 18.2 Å². The molecule has 0 N–H and O–H groups in total. The van der Waals surface area contributed by atoms with Gasteiger partial charge in [0.2, 0.25) is 0 Å². The highest BCUT2D eigenvalue weighted by atomic mass is 27.2. The summed E-state index contributed by atoms with van der Waals surface area (Å²) in [5.41, 5.74) is 0. The van der Waals surface area contributed by atoms with Crippen LogP contribution < -0.4 is 9.26 Å². The Labute approximate surface area is 75.7 Å². The van der Waals surface area contributed by atoms with Gasteiger partial charge < -0.3 is 9.26 Å². The Balaban J connectivity index is -0.0000000750. The molecule has 0 aliphatic carbocycles. The average Bonchev–Trinajstić information content (AvgIpc) is 1.65. The monoisotopic (exact) mass is 175 g/mol.